The summed E-state index contributed by atoms with van der Waals surface area (Å²) in [6.45, 7) is 0.653. The van der Waals surface area contributed by atoms with Crippen LogP contribution in [-0.2, 0) is 34.5 Å². The van der Waals surface area contributed by atoms with Crippen LogP contribution >= 0.6 is 12.4 Å². The third-order valence-electron chi connectivity index (χ3n) is 3.50. The summed E-state index contributed by atoms with van der Waals surface area (Å²) < 4.78 is 24.0. The molecule has 1 amide bonds. The van der Waals surface area contributed by atoms with Crippen molar-refractivity contribution < 1.29 is 13.2 Å². The first-order valence-electron chi connectivity index (χ1n) is 7.13. The second-order valence-electron chi connectivity index (χ2n) is 5.31. The van der Waals surface area contributed by atoms with Crippen LogP contribution < -0.4 is 20.5 Å². The van der Waals surface area contributed by atoms with Crippen molar-refractivity contribution in [3.8, 4) is 0 Å². The number of amides is 1. The summed E-state index contributed by atoms with van der Waals surface area (Å²) in [7, 11) is -3.70. The average molecular weight is 385 g/mol. The predicted molar refractivity (Wildman–Crippen MR) is 95.3 cm³/mol. The Balaban J connectivity index is 0.00000225. The zero-order valence-electron chi connectivity index (χ0n) is 13.0. The molecule has 1 aromatic carbocycles. The van der Waals surface area contributed by atoms with Crippen LogP contribution in [0.15, 0.2) is 30.6 Å². The fourth-order valence-corrected chi connectivity index (χ4v) is 2.69. The smallest absolute Gasteiger partial charge is 0.274 e. The molecule has 0 aliphatic carbocycles. The molecule has 0 atom stereocenters. The maximum Gasteiger partial charge on any atom is 0.274 e. The standard InChI is InChI=1S/C14H16N6O3S.ClH/c15-24(22,23)19-7-10-3-1-9(2-4-10)6-16-13-11-5-12(21)20-14(11)18-8-17-13;/h1-4,8,19H,5-7H2,(H2,15,22,23)(H2,16,17,18,20,21);1H. The lowest BCUT2D eigenvalue weighted by Gasteiger charge is -2.09. The highest BCUT2D eigenvalue weighted by Gasteiger charge is 2.22. The van der Waals surface area contributed by atoms with Gasteiger partial charge in [0.25, 0.3) is 10.2 Å². The van der Waals surface area contributed by atoms with Gasteiger partial charge in [-0.05, 0) is 11.1 Å². The summed E-state index contributed by atoms with van der Waals surface area (Å²) in [5.41, 5.74) is 2.54. The highest BCUT2D eigenvalue weighted by Crippen LogP contribution is 2.25. The highest BCUT2D eigenvalue weighted by molar-refractivity contribution is 7.87. The van der Waals surface area contributed by atoms with Gasteiger partial charge in [-0.1, -0.05) is 24.3 Å². The second-order valence-corrected chi connectivity index (χ2v) is 6.69. The van der Waals surface area contributed by atoms with Crippen LogP contribution in [0.1, 0.15) is 16.7 Å². The number of benzene rings is 1. The number of hydrogen-bond acceptors (Lipinski definition) is 6. The number of nitrogens with one attached hydrogen (secondary N) is 3. The second kappa shape index (κ2) is 7.74. The fourth-order valence-electron chi connectivity index (χ4n) is 2.32. The van der Waals surface area contributed by atoms with E-state index in [1.807, 2.05) is 24.3 Å². The van der Waals surface area contributed by atoms with Crippen molar-refractivity contribution >= 4 is 40.2 Å². The molecule has 0 fully saturated rings. The molecule has 5 N–H and O–H groups in total. The first-order valence-corrected chi connectivity index (χ1v) is 8.68. The summed E-state index contributed by atoms with van der Waals surface area (Å²) >= 11 is 0. The quantitative estimate of drug-likeness (QED) is 0.564. The number of nitrogens with two attached hydrogens (primary N) is 1. The molecule has 1 aromatic heterocycles. The SMILES string of the molecule is Cl.NS(=O)(=O)NCc1ccc(CNc2ncnc3c2CC(=O)N3)cc1. The lowest BCUT2D eigenvalue weighted by Crippen LogP contribution is -2.30. The summed E-state index contributed by atoms with van der Waals surface area (Å²) in [4.78, 5) is 19.6. The third-order valence-corrected chi connectivity index (χ3v) is 4.05. The number of aromatic nitrogens is 2. The van der Waals surface area contributed by atoms with E-state index in [9.17, 15) is 13.2 Å². The van der Waals surface area contributed by atoms with Crippen molar-refractivity contribution in [1.29, 1.82) is 0 Å². The number of carbonyl (C=O) groups is 1. The molecule has 0 spiro atoms. The Morgan fingerprint density at radius 2 is 1.76 bits per heavy atom. The molecule has 9 nitrogen and oxygen atoms in total. The molecule has 1 aliphatic rings. The molecular formula is C14H17ClN6O3S. The molecule has 0 bridgehead atoms. The summed E-state index contributed by atoms with van der Waals surface area (Å²) in [6.07, 6.45) is 1.66. The van der Waals surface area contributed by atoms with E-state index < -0.39 is 10.2 Å². The first-order chi connectivity index (χ1) is 11.4. The molecule has 1 aliphatic heterocycles. The number of carbonyl (C=O) groups excluding carboxylic acids is 1. The van der Waals surface area contributed by atoms with Crippen molar-refractivity contribution in [2.24, 2.45) is 5.14 Å². The van der Waals surface area contributed by atoms with Gasteiger partial charge in [0, 0.05) is 18.7 Å². The molecule has 0 unspecified atom stereocenters. The largest absolute Gasteiger partial charge is 0.366 e. The van der Waals surface area contributed by atoms with Gasteiger partial charge in [0.05, 0.1) is 6.42 Å². The van der Waals surface area contributed by atoms with Crippen LogP contribution in [0.4, 0.5) is 11.6 Å². The van der Waals surface area contributed by atoms with E-state index in [0.29, 0.717) is 18.2 Å². The van der Waals surface area contributed by atoms with Gasteiger partial charge in [-0.15, -0.1) is 12.4 Å². The van der Waals surface area contributed by atoms with Crippen molar-refractivity contribution in [3.63, 3.8) is 0 Å². The van der Waals surface area contributed by atoms with E-state index >= 15 is 0 Å². The Kier molecular flexibility index (Phi) is 5.90. The molecule has 134 valence electrons. The molecular weight excluding hydrogens is 368 g/mol. The van der Waals surface area contributed by atoms with Crippen LogP contribution in [0.2, 0.25) is 0 Å². The van der Waals surface area contributed by atoms with Crippen LogP contribution in [0, 0.1) is 0 Å². The zero-order valence-corrected chi connectivity index (χ0v) is 14.7. The van der Waals surface area contributed by atoms with Gasteiger partial charge in [-0.2, -0.15) is 13.1 Å². The fraction of sp³-hybridized carbons (Fsp3) is 0.214. The topological polar surface area (TPSA) is 139 Å². The Labute approximate surface area is 151 Å². The molecule has 2 aromatic rings. The first kappa shape index (κ1) is 19.1. The van der Waals surface area contributed by atoms with Gasteiger partial charge in [-0.25, -0.2) is 15.1 Å². The molecule has 0 saturated heterocycles. The number of halogens is 1. The van der Waals surface area contributed by atoms with Crippen LogP contribution in [0.25, 0.3) is 0 Å². The van der Waals surface area contributed by atoms with Gasteiger partial charge in [0.2, 0.25) is 5.91 Å². The third kappa shape index (κ3) is 5.10. The molecule has 11 heteroatoms. The van der Waals surface area contributed by atoms with Gasteiger partial charge in [0.1, 0.15) is 18.0 Å². The predicted octanol–water partition coefficient (Wildman–Crippen LogP) is 0.298. The molecule has 25 heavy (non-hydrogen) atoms. The number of hydrogen-bond donors (Lipinski definition) is 4. The number of rotatable bonds is 6. The number of anilines is 2. The van der Waals surface area contributed by atoms with E-state index in [1.54, 1.807) is 0 Å². The lowest BCUT2D eigenvalue weighted by atomic mass is 10.1. The van der Waals surface area contributed by atoms with Gasteiger partial charge < -0.3 is 10.6 Å². The van der Waals surface area contributed by atoms with Gasteiger partial charge >= 0.3 is 0 Å². The van der Waals surface area contributed by atoms with E-state index in [4.69, 9.17) is 5.14 Å². The van der Waals surface area contributed by atoms with E-state index in [1.165, 1.54) is 6.33 Å². The van der Waals surface area contributed by atoms with Crippen molar-refractivity contribution in [1.82, 2.24) is 14.7 Å². The Morgan fingerprint density at radius 1 is 1.12 bits per heavy atom. The Bertz CT molecular complexity index is 873. The van der Waals surface area contributed by atoms with Gasteiger partial charge in [-0.3, -0.25) is 4.79 Å². The van der Waals surface area contributed by atoms with Crippen molar-refractivity contribution in [3.05, 3.63) is 47.3 Å². The summed E-state index contributed by atoms with van der Waals surface area (Å²) in [5.74, 6) is 1.07. The maximum atomic E-state index is 11.4. The summed E-state index contributed by atoms with van der Waals surface area (Å²) in [6, 6.07) is 7.37. The molecule has 0 saturated carbocycles. The minimum Gasteiger partial charge on any atom is -0.366 e. The average Bonchev–Trinajstić information content (AvgIpc) is 2.92. The molecule has 0 radical (unpaired) electrons. The van der Waals surface area contributed by atoms with Crippen molar-refractivity contribution in [2.45, 2.75) is 19.5 Å². The van der Waals surface area contributed by atoms with Crippen LogP contribution in [0.3, 0.4) is 0 Å². The minimum atomic E-state index is -3.70. The zero-order chi connectivity index (χ0) is 17.2. The summed E-state index contributed by atoms with van der Waals surface area (Å²) in [5, 5.41) is 10.7. The van der Waals surface area contributed by atoms with Crippen LogP contribution in [-0.4, -0.2) is 24.3 Å². The number of fused-ring (bicyclic) bond motifs is 1. The Hall–Kier alpha value is -2.27. The van der Waals surface area contributed by atoms with Crippen LogP contribution in [0.5, 0.6) is 0 Å². The number of nitrogens with zero attached hydrogens (tertiary/aromatic N) is 2. The van der Waals surface area contributed by atoms with Crippen molar-refractivity contribution in [2.75, 3.05) is 10.6 Å². The van der Waals surface area contributed by atoms with E-state index in [-0.39, 0.29) is 31.3 Å². The maximum absolute atomic E-state index is 11.4. The lowest BCUT2D eigenvalue weighted by molar-refractivity contribution is -0.115. The minimum absolute atomic E-state index is 0. The normalized spacial score (nSPS) is 12.9. The van der Waals surface area contributed by atoms with E-state index in [2.05, 4.69) is 25.3 Å². The molecule has 3 rings (SSSR count). The highest BCUT2D eigenvalue weighted by atomic mass is 35.5. The monoisotopic (exact) mass is 384 g/mol. The van der Waals surface area contributed by atoms with E-state index in [0.717, 1.165) is 16.7 Å². The molecule has 2 heterocycles. The Morgan fingerprint density at radius 3 is 2.40 bits per heavy atom. The van der Waals surface area contributed by atoms with Gasteiger partial charge in [0.15, 0.2) is 0 Å².